The third-order valence-corrected chi connectivity index (χ3v) is 3.86. The molecule has 0 radical (unpaired) electrons. The Balaban J connectivity index is 1.52. The summed E-state index contributed by atoms with van der Waals surface area (Å²) in [7, 11) is 0. The number of rotatable bonds is 6. The number of para-hydroxylation sites is 3. The summed E-state index contributed by atoms with van der Waals surface area (Å²) in [5.74, 6) is 2.08. The van der Waals surface area contributed by atoms with Crippen LogP contribution < -0.4 is 15.4 Å². The van der Waals surface area contributed by atoms with E-state index in [2.05, 4.69) is 25.8 Å². The molecule has 2 aromatic heterocycles. The first-order valence-corrected chi connectivity index (χ1v) is 8.84. The van der Waals surface area contributed by atoms with E-state index in [4.69, 9.17) is 9.26 Å². The normalized spacial score (nSPS) is 10.4. The largest absolute Gasteiger partial charge is 0.455 e. The van der Waals surface area contributed by atoms with Crippen molar-refractivity contribution in [2.45, 2.75) is 6.92 Å². The number of anilines is 3. The number of nitrogens with zero attached hydrogens (tertiary/aromatic N) is 3. The molecule has 1 amide bonds. The molecular weight excluding hydrogens is 370 g/mol. The van der Waals surface area contributed by atoms with E-state index in [1.165, 1.54) is 12.3 Å². The molecule has 0 aliphatic rings. The van der Waals surface area contributed by atoms with Crippen molar-refractivity contribution in [2.75, 3.05) is 10.6 Å². The maximum absolute atomic E-state index is 12.4. The van der Waals surface area contributed by atoms with Crippen LogP contribution in [-0.2, 0) is 0 Å². The molecule has 2 N–H and O–H groups in total. The van der Waals surface area contributed by atoms with E-state index in [1.807, 2.05) is 54.6 Å². The first kappa shape index (κ1) is 18.2. The Labute approximate surface area is 166 Å². The van der Waals surface area contributed by atoms with Gasteiger partial charge in [-0.3, -0.25) is 4.79 Å². The molecule has 0 bridgehead atoms. The number of carbonyl (C=O) groups excluding carboxylic acids is 1. The van der Waals surface area contributed by atoms with E-state index < -0.39 is 5.91 Å². The summed E-state index contributed by atoms with van der Waals surface area (Å²) >= 11 is 0. The van der Waals surface area contributed by atoms with Gasteiger partial charge in [-0.1, -0.05) is 35.5 Å². The molecule has 0 fully saturated rings. The van der Waals surface area contributed by atoms with Gasteiger partial charge in [-0.05, 0) is 37.3 Å². The molecule has 8 heteroatoms. The Morgan fingerprint density at radius 3 is 2.62 bits per heavy atom. The van der Waals surface area contributed by atoms with Gasteiger partial charge in [0.05, 0.1) is 5.69 Å². The highest BCUT2D eigenvalue weighted by Crippen LogP contribution is 2.30. The standard InChI is InChI=1S/C21H17N5O3/c1-14-13-19(26-29-14)25-20(27)17-11-12-22-21(24-17)23-16-9-5-6-10-18(16)28-15-7-3-2-4-8-15/h2-13H,1H3,(H,22,23,24)(H,25,26,27). The molecule has 0 aliphatic carbocycles. The van der Waals surface area contributed by atoms with E-state index in [0.29, 0.717) is 28.8 Å². The van der Waals surface area contributed by atoms with Crippen LogP contribution in [0.4, 0.5) is 17.5 Å². The number of nitrogens with one attached hydrogen (secondary N) is 2. The van der Waals surface area contributed by atoms with Crippen molar-refractivity contribution in [1.29, 1.82) is 0 Å². The van der Waals surface area contributed by atoms with Gasteiger partial charge >= 0.3 is 0 Å². The summed E-state index contributed by atoms with van der Waals surface area (Å²) in [6.07, 6.45) is 1.50. The number of carbonyl (C=O) groups is 1. The van der Waals surface area contributed by atoms with Crippen LogP contribution in [0.1, 0.15) is 16.2 Å². The van der Waals surface area contributed by atoms with Gasteiger partial charge in [0.2, 0.25) is 5.95 Å². The van der Waals surface area contributed by atoms with E-state index in [0.717, 1.165) is 0 Å². The van der Waals surface area contributed by atoms with Crippen LogP contribution in [0.3, 0.4) is 0 Å². The molecule has 4 rings (SSSR count). The minimum Gasteiger partial charge on any atom is -0.455 e. The number of amides is 1. The Hall–Kier alpha value is -4.20. The van der Waals surface area contributed by atoms with E-state index in [9.17, 15) is 4.79 Å². The lowest BCUT2D eigenvalue weighted by molar-refractivity contribution is 0.102. The summed E-state index contributed by atoms with van der Waals surface area (Å²) in [6.45, 7) is 1.74. The zero-order valence-corrected chi connectivity index (χ0v) is 15.5. The number of benzene rings is 2. The minimum atomic E-state index is -0.419. The molecule has 0 spiro atoms. The number of aromatic nitrogens is 3. The highest BCUT2D eigenvalue weighted by Gasteiger charge is 2.13. The van der Waals surface area contributed by atoms with Crippen LogP contribution in [0, 0.1) is 6.92 Å². The van der Waals surface area contributed by atoms with Crippen molar-refractivity contribution < 1.29 is 14.1 Å². The van der Waals surface area contributed by atoms with Gasteiger partial charge in [0.25, 0.3) is 5.91 Å². The first-order chi connectivity index (χ1) is 14.2. The van der Waals surface area contributed by atoms with Crippen LogP contribution in [-0.4, -0.2) is 21.0 Å². The van der Waals surface area contributed by atoms with Crippen molar-refractivity contribution in [3.63, 3.8) is 0 Å². The summed E-state index contributed by atoms with van der Waals surface area (Å²) in [6, 6.07) is 20.0. The Kier molecular flexibility index (Phi) is 5.15. The van der Waals surface area contributed by atoms with Crippen molar-refractivity contribution in [2.24, 2.45) is 0 Å². The minimum absolute atomic E-state index is 0.185. The first-order valence-electron chi connectivity index (χ1n) is 8.84. The summed E-state index contributed by atoms with van der Waals surface area (Å²) < 4.78 is 10.9. The smallest absolute Gasteiger partial charge is 0.275 e. The zero-order valence-electron chi connectivity index (χ0n) is 15.5. The molecule has 0 saturated heterocycles. The predicted molar refractivity (Wildman–Crippen MR) is 107 cm³/mol. The second-order valence-corrected chi connectivity index (χ2v) is 6.08. The molecule has 29 heavy (non-hydrogen) atoms. The number of aryl methyl sites for hydroxylation is 1. The number of hydrogen-bond donors (Lipinski definition) is 2. The maximum atomic E-state index is 12.4. The average Bonchev–Trinajstić information content (AvgIpc) is 3.15. The summed E-state index contributed by atoms with van der Waals surface area (Å²) in [4.78, 5) is 20.9. The third-order valence-electron chi connectivity index (χ3n) is 3.86. The monoisotopic (exact) mass is 387 g/mol. The number of ether oxygens (including phenoxy) is 1. The van der Waals surface area contributed by atoms with Gasteiger partial charge in [0.1, 0.15) is 17.2 Å². The second-order valence-electron chi connectivity index (χ2n) is 6.08. The molecule has 0 unspecified atom stereocenters. The maximum Gasteiger partial charge on any atom is 0.275 e. The van der Waals surface area contributed by atoms with Crippen LogP contribution in [0.25, 0.3) is 0 Å². The molecule has 144 valence electrons. The lowest BCUT2D eigenvalue weighted by Gasteiger charge is -2.12. The summed E-state index contributed by atoms with van der Waals surface area (Å²) in [5, 5.41) is 9.46. The molecule has 2 aromatic carbocycles. The predicted octanol–water partition coefficient (Wildman–Crippen LogP) is 4.56. The van der Waals surface area contributed by atoms with E-state index in [-0.39, 0.29) is 11.6 Å². The van der Waals surface area contributed by atoms with Crippen LogP contribution in [0.2, 0.25) is 0 Å². The fourth-order valence-electron chi connectivity index (χ4n) is 2.55. The van der Waals surface area contributed by atoms with Gasteiger partial charge in [-0.15, -0.1) is 0 Å². The molecular formula is C21H17N5O3. The third kappa shape index (κ3) is 4.56. The number of hydrogen-bond acceptors (Lipinski definition) is 7. The Bertz CT molecular complexity index is 1130. The highest BCUT2D eigenvalue weighted by atomic mass is 16.5. The van der Waals surface area contributed by atoms with Gasteiger partial charge in [0.15, 0.2) is 11.6 Å². The van der Waals surface area contributed by atoms with Crippen LogP contribution >= 0.6 is 0 Å². The Morgan fingerprint density at radius 1 is 1.03 bits per heavy atom. The second kappa shape index (κ2) is 8.22. The van der Waals surface area contributed by atoms with Gasteiger partial charge < -0.3 is 19.9 Å². The van der Waals surface area contributed by atoms with Crippen LogP contribution in [0.15, 0.2) is 77.4 Å². The fraction of sp³-hybridized carbons (Fsp3) is 0.0476. The molecule has 8 nitrogen and oxygen atoms in total. The Morgan fingerprint density at radius 2 is 1.83 bits per heavy atom. The van der Waals surface area contributed by atoms with Crippen molar-refractivity contribution >= 4 is 23.4 Å². The van der Waals surface area contributed by atoms with Crippen LogP contribution in [0.5, 0.6) is 11.5 Å². The van der Waals surface area contributed by atoms with Crippen molar-refractivity contribution in [3.05, 3.63) is 84.4 Å². The quantitative estimate of drug-likeness (QED) is 0.500. The van der Waals surface area contributed by atoms with E-state index >= 15 is 0 Å². The SMILES string of the molecule is Cc1cc(NC(=O)c2ccnc(Nc3ccccc3Oc3ccccc3)n2)no1. The molecule has 0 saturated carbocycles. The van der Waals surface area contributed by atoms with Gasteiger partial charge in [-0.25, -0.2) is 9.97 Å². The topological polar surface area (TPSA) is 102 Å². The average molecular weight is 387 g/mol. The lowest BCUT2D eigenvalue weighted by Crippen LogP contribution is -2.15. The van der Waals surface area contributed by atoms with Crippen molar-refractivity contribution in [1.82, 2.24) is 15.1 Å². The van der Waals surface area contributed by atoms with Gasteiger partial charge in [-0.2, -0.15) is 0 Å². The summed E-state index contributed by atoms with van der Waals surface area (Å²) in [5.41, 5.74) is 0.852. The molecule has 0 atom stereocenters. The molecule has 4 aromatic rings. The zero-order chi connectivity index (χ0) is 20.1. The highest BCUT2D eigenvalue weighted by molar-refractivity contribution is 6.02. The molecule has 0 aliphatic heterocycles. The lowest BCUT2D eigenvalue weighted by atomic mass is 10.3. The van der Waals surface area contributed by atoms with E-state index in [1.54, 1.807) is 13.0 Å². The molecule has 2 heterocycles. The van der Waals surface area contributed by atoms with Crippen molar-refractivity contribution in [3.8, 4) is 11.5 Å². The fourth-order valence-corrected chi connectivity index (χ4v) is 2.55. The van der Waals surface area contributed by atoms with Gasteiger partial charge in [0, 0.05) is 12.3 Å².